The van der Waals surface area contributed by atoms with Gasteiger partial charge in [-0.1, -0.05) is 13.8 Å². The van der Waals surface area contributed by atoms with Gasteiger partial charge in [0.1, 0.15) is 6.54 Å². The van der Waals surface area contributed by atoms with Gasteiger partial charge in [0.05, 0.1) is 12.7 Å². The van der Waals surface area contributed by atoms with Crippen molar-refractivity contribution in [3.63, 3.8) is 0 Å². The standard InChI is InChI=1S/C12H22N2O4/c1-9(2)6-14(8-11(15)16)12(17)13-4-5-18-10(3)7-13/h9-10H,4-8H2,1-3H3,(H,15,16). The van der Waals surface area contributed by atoms with Gasteiger partial charge in [0.15, 0.2) is 0 Å². The Morgan fingerprint density at radius 2 is 2.17 bits per heavy atom. The number of hydrogen-bond donors (Lipinski definition) is 1. The highest BCUT2D eigenvalue weighted by atomic mass is 16.5. The van der Waals surface area contributed by atoms with E-state index in [1.54, 1.807) is 4.90 Å². The van der Waals surface area contributed by atoms with E-state index in [0.717, 1.165) is 0 Å². The molecule has 1 atom stereocenters. The van der Waals surface area contributed by atoms with Gasteiger partial charge in [0.2, 0.25) is 0 Å². The first kappa shape index (κ1) is 14.8. The molecule has 6 nitrogen and oxygen atoms in total. The summed E-state index contributed by atoms with van der Waals surface area (Å²) in [5, 5.41) is 8.86. The molecular weight excluding hydrogens is 236 g/mol. The number of morpholine rings is 1. The number of carboxylic acids is 1. The summed E-state index contributed by atoms with van der Waals surface area (Å²) in [6, 6.07) is -0.207. The Balaban J connectivity index is 2.64. The molecule has 1 unspecified atom stereocenters. The van der Waals surface area contributed by atoms with Crippen molar-refractivity contribution >= 4 is 12.0 Å². The van der Waals surface area contributed by atoms with Crippen LogP contribution < -0.4 is 0 Å². The van der Waals surface area contributed by atoms with Crippen molar-refractivity contribution in [3.05, 3.63) is 0 Å². The number of amides is 2. The molecule has 18 heavy (non-hydrogen) atoms. The molecule has 104 valence electrons. The summed E-state index contributed by atoms with van der Waals surface area (Å²) in [6.45, 7) is 7.59. The van der Waals surface area contributed by atoms with Gasteiger partial charge >= 0.3 is 12.0 Å². The second-order valence-corrected chi connectivity index (χ2v) is 5.08. The maximum atomic E-state index is 12.2. The molecule has 1 saturated heterocycles. The molecule has 1 fully saturated rings. The van der Waals surface area contributed by atoms with Gasteiger partial charge in [-0.3, -0.25) is 4.79 Å². The number of hydrogen-bond acceptors (Lipinski definition) is 3. The molecule has 2 amide bonds. The van der Waals surface area contributed by atoms with Crippen LogP contribution in [-0.2, 0) is 9.53 Å². The lowest BCUT2D eigenvalue weighted by Crippen LogP contribution is -2.52. The number of aliphatic carboxylic acids is 1. The predicted octanol–water partition coefficient (Wildman–Crippen LogP) is 0.870. The number of carbonyl (C=O) groups is 2. The van der Waals surface area contributed by atoms with Crippen LogP contribution in [0.3, 0.4) is 0 Å². The van der Waals surface area contributed by atoms with Gasteiger partial charge in [-0.05, 0) is 12.8 Å². The fourth-order valence-electron chi connectivity index (χ4n) is 2.01. The molecule has 1 aliphatic heterocycles. The topological polar surface area (TPSA) is 70.1 Å². The summed E-state index contributed by atoms with van der Waals surface area (Å²) in [5.41, 5.74) is 0. The molecule has 1 aliphatic rings. The second kappa shape index (κ2) is 6.58. The molecule has 0 bridgehead atoms. The molecule has 0 radical (unpaired) electrons. The van der Waals surface area contributed by atoms with E-state index in [1.807, 2.05) is 20.8 Å². The van der Waals surface area contributed by atoms with Gasteiger partial charge in [0, 0.05) is 19.6 Å². The van der Waals surface area contributed by atoms with Crippen LogP contribution in [0, 0.1) is 5.92 Å². The molecule has 1 rings (SSSR count). The van der Waals surface area contributed by atoms with Crippen LogP contribution in [0.5, 0.6) is 0 Å². The maximum Gasteiger partial charge on any atom is 0.323 e. The zero-order valence-electron chi connectivity index (χ0n) is 11.3. The fourth-order valence-corrected chi connectivity index (χ4v) is 2.01. The SMILES string of the molecule is CC(C)CN(CC(=O)O)C(=O)N1CCOC(C)C1. The molecule has 0 saturated carbocycles. The minimum atomic E-state index is -0.981. The third-order valence-corrected chi connectivity index (χ3v) is 2.69. The Morgan fingerprint density at radius 1 is 1.50 bits per heavy atom. The summed E-state index contributed by atoms with van der Waals surface area (Å²) >= 11 is 0. The molecule has 1 heterocycles. The van der Waals surface area contributed by atoms with Crippen molar-refractivity contribution in [3.8, 4) is 0 Å². The largest absolute Gasteiger partial charge is 0.480 e. The Bertz CT molecular complexity index is 306. The smallest absolute Gasteiger partial charge is 0.323 e. The van der Waals surface area contributed by atoms with Crippen molar-refractivity contribution in [1.82, 2.24) is 9.80 Å². The van der Waals surface area contributed by atoms with Crippen LogP contribution in [0.4, 0.5) is 4.79 Å². The zero-order valence-corrected chi connectivity index (χ0v) is 11.3. The third-order valence-electron chi connectivity index (χ3n) is 2.69. The van der Waals surface area contributed by atoms with Crippen LogP contribution in [0.25, 0.3) is 0 Å². The monoisotopic (exact) mass is 258 g/mol. The maximum absolute atomic E-state index is 12.2. The van der Waals surface area contributed by atoms with Crippen LogP contribution in [0.15, 0.2) is 0 Å². The highest BCUT2D eigenvalue weighted by Crippen LogP contribution is 2.09. The van der Waals surface area contributed by atoms with E-state index in [4.69, 9.17) is 9.84 Å². The summed E-state index contributed by atoms with van der Waals surface area (Å²) in [7, 11) is 0. The first-order valence-corrected chi connectivity index (χ1v) is 6.27. The molecular formula is C12H22N2O4. The number of carbonyl (C=O) groups excluding carboxylic acids is 1. The van der Waals surface area contributed by atoms with Crippen molar-refractivity contribution in [1.29, 1.82) is 0 Å². The van der Waals surface area contributed by atoms with E-state index in [2.05, 4.69) is 0 Å². The quantitative estimate of drug-likeness (QED) is 0.812. The first-order valence-electron chi connectivity index (χ1n) is 6.27. The van der Waals surface area contributed by atoms with Crippen molar-refractivity contribution < 1.29 is 19.4 Å². The lowest BCUT2D eigenvalue weighted by Gasteiger charge is -2.35. The minimum absolute atomic E-state index is 0.00780. The number of urea groups is 1. The van der Waals surface area contributed by atoms with E-state index in [0.29, 0.717) is 26.2 Å². The summed E-state index contributed by atoms with van der Waals surface area (Å²) in [5.74, 6) is -0.739. The van der Waals surface area contributed by atoms with E-state index in [1.165, 1.54) is 4.90 Å². The number of carboxylic acid groups (broad SMARTS) is 1. The number of nitrogens with zero attached hydrogens (tertiary/aromatic N) is 2. The fraction of sp³-hybridized carbons (Fsp3) is 0.833. The van der Waals surface area contributed by atoms with Crippen molar-refractivity contribution in [2.75, 3.05) is 32.8 Å². The highest BCUT2D eigenvalue weighted by Gasteiger charge is 2.27. The Labute approximate surface area is 107 Å². The molecule has 0 spiro atoms. The lowest BCUT2D eigenvalue weighted by atomic mass is 10.2. The average Bonchev–Trinajstić information content (AvgIpc) is 2.26. The Kier molecular flexibility index (Phi) is 5.40. The zero-order chi connectivity index (χ0) is 13.7. The van der Waals surface area contributed by atoms with Crippen LogP contribution >= 0.6 is 0 Å². The molecule has 0 aromatic rings. The average molecular weight is 258 g/mol. The lowest BCUT2D eigenvalue weighted by molar-refractivity contribution is -0.137. The molecule has 6 heteroatoms. The van der Waals surface area contributed by atoms with Gasteiger partial charge in [-0.15, -0.1) is 0 Å². The normalized spacial score (nSPS) is 20.0. The first-order chi connectivity index (χ1) is 8.40. The summed E-state index contributed by atoms with van der Waals surface area (Å²) < 4.78 is 5.37. The third kappa shape index (κ3) is 4.52. The van der Waals surface area contributed by atoms with Crippen LogP contribution in [0.1, 0.15) is 20.8 Å². The molecule has 0 aromatic heterocycles. The van der Waals surface area contributed by atoms with E-state index < -0.39 is 5.97 Å². The minimum Gasteiger partial charge on any atom is -0.480 e. The summed E-state index contributed by atoms with van der Waals surface area (Å²) in [6.07, 6.45) is 0.00780. The van der Waals surface area contributed by atoms with Crippen molar-refractivity contribution in [2.24, 2.45) is 5.92 Å². The van der Waals surface area contributed by atoms with Gasteiger partial charge in [-0.2, -0.15) is 0 Å². The van der Waals surface area contributed by atoms with Crippen LogP contribution in [-0.4, -0.2) is 65.8 Å². The van der Waals surface area contributed by atoms with Crippen molar-refractivity contribution in [2.45, 2.75) is 26.9 Å². The van der Waals surface area contributed by atoms with E-state index >= 15 is 0 Å². The number of ether oxygens (including phenoxy) is 1. The van der Waals surface area contributed by atoms with Gasteiger partial charge in [-0.25, -0.2) is 4.79 Å². The molecule has 1 N–H and O–H groups in total. The van der Waals surface area contributed by atoms with Crippen LogP contribution in [0.2, 0.25) is 0 Å². The van der Waals surface area contributed by atoms with E-state index in [-0.39, 0.29) is 24.6 Å². The van der Waals surface area contributed by atoms with Gasteiger partial charge in [0.25, 0.3) is 0 Å². The predicted molar refractivity (Wildman–Crippen MR) is 66.4 cm³/mol. The highest BCUT2D eigenvalue weighted by molar-refractivity contribution is 5.80. The molecule has 0 aromatic carbocycles. The van der Waals surface area contributed by atoms with Gasteiger partial charge < -0.3 is 19.6 Å². The number of rotatable bonds is 4. The molecule has 0 aliphatic carbocycles. The Morgan fingerprint density at radius 3 is 2.67 bits per heavy atom. The Hall–Kier alpha value is -1.30. The summed E-state index contributed by atoms with van der Waals surface area (Å²) in [4.78, 5) is 26.1. The second-order valence-electron chi connectivity index (χ2n) is 5.08. The van der Waals surface area contributed by atoms with E-state index in [9.17, 15) is 9.59 Å².